The Balaban J connectivity index is 1.21. The van der Waals surface area contributed by atoms with Gasteiger partial charge in [-0.3, -0.25) is 19.6 Å². The quantitative estimate of drug-likeness (QED) is 0.366. The minimum Gasteiger partial charge on any atom is -0.489 e. The van der Waals surface area contributed by atoms with E-state index in [1.54, 1.807) is 31.9 Å². The highest BCUT2D eigenvalue weighted by atomic mass is 16.6. The van der Waals surface area contributed by atoms with E-state index in [9.17, 15) is 14.4 Å². The lowest BCUT2D eigenvalue weighted by molar-refractivity contribution is -0.134. The monoisotopic (exact) mass is 579 g/mol. The number of piperidine rings is 1. The molecule has 2 N–H and O–H groups in total. The normalized spacial score (nSPS) is 15.0. The van der Waals surface area contributed by atoms with Gasteiger partial charge in [-0.25, -0.2) is 9.78 Å². The van der Waals surface area contributed by atoms with Gasteiger partial charge in [-0.1, -0.05) is 17.7 Å². The third-order valence-corrected chi connectivity index (χ3v) is 6.15. The fourth-order valence-electron chi connectivity index (χ4n) is 4.22. The summed E-state index contributed by atoms with van der Waals surface area (Å²) in [5.74, 6) is 0.526. The molecule has 3 aromatic rings. The molecule has 3 amide bonds. The molecule has 0 spiro atoms. The van der Waals surface area contributed by atoms with Crippen molar-refractivity contribution in [2.75, 3.05) is 30.3 Å². The van der Waals surface area contributed by atoms with Gasteiger partial charge in [0.2, 0.25) is 17.7 Å². The van der Waals surface area contributed by atoms with Crippen LogP contribution in [-0.4, -0.2) is 74.0 Å². The second kappa shape index (κ2) is 13.8. The van der Waals surface area contributed by atoms with Crippen LogP contribution in [0.1, 0.15) is 45.6 Å². The maximum Gasteiger partial charge on any atom is 0.412 e. The Morgan fingerprint density at radius 2 is 1.88 bits per heavy atom. The molecule has 0 radical (unpaired) electrons. The number of aryl methyl sites for hydroxylation is 1. The third-order valence-electron chi connectivity index (χ3n) is 6.15. The molecule has 3 heterocycles. The Kier molecular flexibility index (Phi) is 9.94. The van der Waals surface area contributed by atoms with Crippen LogP contribution in [0.3, 0.4) is 0 Å². The molecular weight excluding hydrogens is 542 g/mol. The third kappa shape index (κ3) is 9.46. The molecule has 1 atom stereocenters. The number of benzene rings is 1. The number of aromatic nitrogens is 4. The van der Waals surface area contributed by atoms with E-state index < -0.39 is 11.7 Å². The summed E-state index contributed by atoms with van der Waals surface area (Å²) in [6.07, 6.45) is 6.76. The average Bonchev–Trinajstić information content (AvgIpc) is 3.36. The molecule has 1 fully saturated rings. The van der Waals surface area contributed by atoms with Crippen LogP contribution in [0.5, 0.6) is 11.6 Å². The van der Waals surface area contributed by atoms with Crippen molar-refractivity contribution in [2.24, 2.45) is 0 Å². The first-order valence-corrected chi connectivity index (χ1v) is 13.8. The van der Waals surface area contributed by atoms with Crippen LogP contribution in [0.4, 0.5) is 16.2 Å². The van der Waals surface area contributed by atoms with E-state index in [0.29, 0.717) is 18.8 Å². The van der Waals surface area contributed by atoms with Gasteiger partial charge in [-0.05, 0) is 52.7 Å². The highest BCUT2D eigenvalue weighted by Gasteiger charge is 2.25. The first-order valence-electron chi connectivity index (χ1n) is 13.8. The van der Waals surface area contributed by atoms with Crippen molar-refractivity contribution >= 4 is 29.3 Å². The summed E-state index contributed by atoms with van der Waals surface area (Å²) in [4.78, 5) is 47.2. The van der Waals surface area contributed by atoms with E-state index >= 15 is 0 Å². The summed E-state index contributed by atoms with van der Waals surface area (Å²) in [7, 11) is 0. The number of anilines is 2. The molecule has 1 aliphatic heterocycles. The number of nitrogens with zero attached hydrogens (tertiary/aromatic N) is 5. The number of carbonyl (C=O) groups excluding carboxylic acids is 3. The van der Waals surface area contributed by atoms with Crippen molar-refractivity contribution in [1.82, 2.24) is 24.6 Å². The molecular formula is C29H37N7O6. The van der Waals surface area contributed by atoms with E-state index in [0.717, 1.165) is 24.2 Å². The van der Waals surface area contributed by atoms with E-state index in [-0.39, 0.29) is 49.1 Å². The number of hydrogen-bond acceptors (Lipinski definition) is 9. The molecule has 1 aliphatic rings. The average molecular weight is 580 g/mol. The van der Waals surface area contributed by atoms with Crippen molar-refractivity contribution in [3.63, 3.8) is 0 Å². The molecule has 1 aromatic carbocycles. The van der Waals surface area contributed by atoms with Gasteiger partial charge in [0, 0.05) is 12.7 Å². The fourth-order valence-corrected chi connectivity index (χ4v) is 4.22. The van der Waals surface area contributed by atoms with Gasteiger partial charge in [0.1, 0.15) is 36.0 Å². The molecule has 2 aromatic heterocycles. The second-order valence-corrected chi connectivity index (χ2v) is 11.0. The van der Waals surface area contributed by atoms with Crippen LogP contribution in [0.2, 0.25) is 0 Å². The van der Waals surface area contributed by atoms with Crippen molar-refractivity contribution in [1.29, 1.82) is 0 Å². The topological polar surface area (TPSA) is 150 Å². The zero-order valence-corrected chi connectivity index (χ0v) is 24.3. The Morgan fingerprint density at radius 1 is 1.10 bits per heavy atom. The number of hydrogen-bond donors (Lipinski definition) is 2. The van der Waals surface area contributed by atoms with Gasteiger partial charge in [0.25, 0.3) is 0 Å². The minimum atomic E-state index is -0.675. The van der Waals surface area contributed by atoms with Gasteiger partial charge in [-0.15, -0.1) is 0 Å². The molecule has 13 nitrogen and oxygen atoms in total. The molecule has 0 bridgehead atoms. The van der Waals surface area contributed by atoms with Crippen LogP contribution in [0.25, 0.3) is 0 Å². The van der Waals surface area contributed by atoms with E-state index in [1.807, 2.05) is 31.2 Å². The largest absolute Gasteiger partial charge is 0.489 e. The lowest BCUT2D eigenvalue weighted by Crippen LogP contribution is -2.45. The van der Waals surface area contributed by atoms with E-state index in [2.05, 4.69) is 25.7 Å². The number of nitrogens with one attached hydrogen (secondary N) is 2. The first-order chi connectivity index (χ1) is 20.0. The summed E-state index contributed by atoms with van der Waals surface area (Å²) >= 11 is 0. The van der Waals surface area contributed by atoms with Gasteiger partial charge in [-0.2, -0.15) is 10.1 Å². The Labute approximate surface area is 244 Å². The second-order valence-electron chi connectivity index (χ2n) is 11.0. The van der Waals surface area contributed by atoms with Crippen molar-refractivity contribution < 1.29 is 28.6 Å². The predicted molar refractivity (Wildman–Crippen MR) is 154 cm³/mol. The molecule has 4 rings (SSSR count). The van der Waals surface area contributed by atoms with Gasteiger partial charge in [0.05, 0.1) is 37.7 Å². The van der Waals surface area contributed by atoms with E-state index in [4.69, 9.17) is 14.2 Å². The SMILES string of the molecule is Cc1ccc(O[C@H]2CCCN(C(=O)Cn3cc(NC(=O)CCOc4ncncc4NC(=O)OC(C)(C)C)cn3)C2)cc1. The smallest absolute Gasteiger partial charge is 0.412 e. The summed E-state index contributed by atoms with van der Waals surface area (Å²) in [5.41, 5.74) is 1.17. The molecule has 0 saturated carbocycles. The summed E-state index contributed by atoms with van der Waals surface area (Å²) in [5, 5.41) is 9.50. The number of rotatable bonds is 10. The summed E-state index contributed by atoms with van der Waals surface area (Å²) < 4.78 is 18.4. The summed E-state index contributed by atoms with van der Waals surface area (Å²) in [6, 6.07) is 7.89. The van der Waals surface area contributed by atoms with Crippen molar-refractivity contribution in [3.05, 3.63) is 54.7 Å². The molecule has 42 heavy (non-hydrogen) atoms. The van der Waals surface area contributed by atoms with Crippen LogP contribution >= 0.6 is 0 Å². The van der Waals surface area contributed by atoms with Gasteiger partial charge < -0.3 is 24.4 Å². The zero-order valence-electron chi connectivity index (χ0n) is 24.3. The van der Waals surface area contributed by atoms with Crippen molar-refractivity contribution in [3.8, 4) is 11.6 Å². The molecule has 0 unspecified atom stereocenters. The van der Waals surface area contributed by atoms with Crippen LogP contribution in [-0.2, 0) is 20.9 Å². The van der Waals surface area contributed by atoms with E-state index in [1.165, 1.54) is 23.4 Å². The number of ether oxygens (including phenoxy) is 3. The molecule has 224 valence electrons. The molecule has 0 aliphatic carbocycles. The highest BCUT2D eigenvalue weighted by molar-refractivity contribution is 5.90. The van der Waals surface area contributed by atoms with Crippen LogP contribution in [0.15, 0.2) is 49.2 Å². The Bertz CT molecular complexity index is 1370. The zero-order chi connectivity index (χ0) is 30.1. The number of amides is 3. The first kappa shape index (κ1) is 30.3. The maximum atomic E-state index is 12.9. The molecule has 13 heteroatoms. The Morgan fingerprint density at radius 3 is 2.64 bits per heavy atom. The van der Waals surface area contributed by atoms with Gasteiger partial charge >= 0.3 is 6.09 Å². The lowest BCUT2D eigenvalue weighted by atomic mass is 10.1. The maximum absolute atomic E-state index is 12.9. The standard InChI is InChI=1S/C29H37N7O6/c1-20-7-9-22(10-8-20)41-23-6-5-12-35(17-23)26(38)18-36-16-21(14-32-36)33-25(37)11-13-40-27-24(15-30-19-31-27)34-28(39)42-29(2,3)4/h7-10,14-16,19,23H,5-6,11-13,17-18H2,1-4H3,(H,33,37)(H,34,39)/t23-/m0/s1. The van der Waals surface area contributed by atoms with Gasteiger partial charge in [0.15, 0.2) is 0 Å². The minimum absolute atomic E-state index is 0.000740. The number of likely N-dealkylation sites (tertiary alicyclic amines) is 1. The number of carbonyl (C=O) groups is 3. The fraction of sp³-hybridized carbons (Fsp3) is 0.448. The lowest BCUT2D eigenvalue weighted by Gasteiger charge is -2.33. The highest BCUT2D eigenvalue weighted by Crippen LogP contribution is 2.22. The summed E-state index contributed by atoms with van der Waals surface area (Å²) in [6.45, 7) is 8.50. The van der Waals surface area contributed by atoms with Crippen LogP contribution < -0.4 is 20.1 Å². The predicted octanol–water partition coefficient (Wildman–Crippen LogP) is 3.81. The molecule has 1 saturated heterocycles. The van der Waals surface area contributed by atoms with Crippen molar-refractivity contribution in [2.45, 2.75) is 65.2 Å². The van der Waals surface area contributed by atoms with Crippen LogP contribution in [0, 0.1) is 6.92 Å². The Hall–Kier alpha value is -4.68.